The predicted octanol–water partition coefficient (Wildman–Crippen LogP) is 2.27. The van der Waals surface area contributed by atoms with E-state index >= 15 is 0 Å². The van der Waals surface area contributed by atoms with Gasteiger partial charge in [0.2, 0.25) is 0 Å². The molecule has 2 aromatic rings. The van der Waals surface area contributed by atoms with Crippen molar-refractivity contribution >= 4 is 11.9 Å². The molecule has 8 heteroatoms. The second kappa shape index (κ2) is 7.69. The monoisotopic (exact) mass is 367 g/mol. The first-order valence-electron chi connectivity index (χ1n) is 9.24. The second-order valence-corrected chi connectivity index (χ2v) is 6.81. The van der Waals surface area contributed by atoms with Crippen LogP contribution in [0.4, 0.5) is 0 Å². The van der Waals surface area contributed by atoms with Crippen LogP contribution in [-0.4, -0.2) is 49.6 Å². The number of hydrogen-bond acceptors (Lipinski definition) is 6. The third kappa shape index (κ3) is 4.05. The molecule has 8 nitrogen and oxygen atoms in total. The van der Waals surface area contributed by atoms with Crippen LogP contribution in [0.15, 0.2) is 42.4 Å². The maximum Gasteiger partial charge on any atom is 0.338 e. The Morgan fingerprint density at radius 2 is 2.00 bits per heavy atom. The Morgan fingerprint density at radius 3 is 2.63 bits per heavy atom. The minimum Gasteiger partial charge on any atom is -0.452 e. The van der Waals surface area contributed by atoms with Crippen LogP contribution in [0.25, 0.3) is 5.69 Å². The number of esters is 1. The highest BCUT2D eigenvalue weighted by atomic mass is 16.5. The van der Waals surface area contributed by atoms with Gasteiger partial charge in [-0.05, 0) is 73.2 Å². The fraction of sp³-hybridized carbons (Fsp3) is 0.421. The van der Waals surface area contributed by atoms with E-state index in [1.54, 1.807) is 24.3 Å². The Hall–Kier alpha value is -3.03. The molecular formula is C19H21N5O3. The highest BCUT2D eigenvalue weighted by molar-refractivity contribution is 5.91. The molecule has 1 aromatic carbocycles. The molecule has 0 aliphatic heterocycles. The number of benzene rings is 1. The predicted molar refractivity (Wildman–Crippen MR) is 95.9 cm³/mol. The zero-order chi connectivity index (χ0) is 18.6. The van der Waals surface area contributed by atoms with Crippen molar-refractivity contribution < 1.29 is 14.3 Å². The Kier molecular flexibility index (Phi) is 4.95. The van der Waals surface area contributed by atoms with Crippen molar-refractivity contribution in [1.82, 2.24) is 25.1 Å². The quantitative estimate of drug-likeness (QED) is 0.728. The number of nitrogens with zero attached hydrogens (tertiary/aromatic N) is 5. The molecular weight excluding hydrogens is 346 g/mol. The van der Waals surface area contributed by atoms with E-state index in [9.17, 15) is 9.59 Å². The molecule has 1 saturated carbocycles. The molecule has 0 unspecified atom stereocenters. The van der Waals surface area contributed by atoms with Crippen LogP contribution in [0.5, 0.6) is 0 Å². The number of tetrazole rings is 1. The molecule has 1 aromatic heterocycles. The Bertz CT molecular complexity index is 841. The highest BCUT2D eigenvalue weighted by Crippen LogP contribution is 2.33. The van der Waals surface area contributed by atoms with Gasteiger partial charge in [-0.15, -0.1) is 5.10 Å². The molecule has 0 spiro atoms. The average molecular weight is 367 g/mol. The van der Waals surface area contributed by atoms with Gasteiger partial charge in [0.15, 0.2) is 6.61 Å². The third-order valence-corrected chi connectivity index (χ3v) is 4.80. The summed E-state index contributed by atoms with van der Waals surface area (Å²) in [5.74, 6) is -0.649. The number of ether oxygens (including phenoxy) is 1. The van der Waals surface area contributed by atoms with Crippen LogP contribution >= 0.6 is 0 Å². The van der Waals surface area contributed by atoms with Gasteiger partial charge in [-0.3, -0.25) is 4.79 Å². The van der Waals surface area contributed by atoms with Gasteiger partial charge >= 0.3 is 5.97 Å². The molecule has 0 atom stereocenters. The number of amides is 1. The van der Waals surface area contributed by atoms with Crippen LogP contribution in [-0.2, 0) is 9.53 Å². The first-order chi connectivity index (χ1) is 13.2. The molecule has 140 valence electrons. The molecule has 2 aliphatic carbocycles. The molecule has 2 aliphatic rings. The van der Waals surface area contributed by atoms with Gasteiger partial charge in [0, 0.05) is 11.7 Å². The molecule has 1 amide bonds. The molecule has 1 heterocycles. The third-order valence-electron chi connectivity index (χ3n) is 4.80. The first-order valence-corrected chi connectivity index (χ1v) is 9.24. The largest absolute Gasteiger partial charge is 0.452 e. The molecule has 4 rings (SSSR count). The maximum atomic E-state index is 12.7. The van der Waals surface area contributed by atoms with E-state index < -0.39 is 5.97 Å². The lowest BCUT2D eigenvalue weighted by molar-refractivity contribution is -0.133. The van der Waals surface area contributed by atoms with Crippen molar-refractivity contribution in [3.05, 3.63) is 47.9 Å². The van der Waals surface area contributed by atoms with E-state index in [1.165, 1.54) is 17.4 Å². The van der Waals surface area contributed by atoms with Crippen molar-refractivity contribution in [3.63, 3.8) is 0 Å². The van der Waals surface area contributed by atoms with Crippen LogP contribution in [0.3, 0.4) is 0 Å². The zero-order valence-corrected chi connectivity index (χ0v) is 15.0. The molecule has 0 bridgehead atoms. The van der Waals surface area contributed by atoms with Gasteiger partial charge in [0.1, 0.15) is 6.33 Å². The molecule has 0 N–H and O–H groups in total. The SMILES string of the molecule is O=C(OCC(=O)N(C1=CCCCC1)C1CC1)c1ccc(-n2cnnn2)cc1. The van der Waals surface area contributed by atoms with Crippen LogP contribution in [0.2, 0.25) is 0 Å². The lowest BCUT2D eigenvalue weighted by Crippen LogP contribution is -2.36. The highest BCUT2D eigenvalue weighted by Gasteiger charge is 2.35. The van der Waals surface area contributed by atoms with E-state index in [1.807, 2.05) is 4.90 Å². The number of allylic oxidation sites excluding steroid dienone is 2. The van der Waals surface area contributed by atoms with Crippen LogP contribution in [0, 0.1) is 0 Å². The number of carbonyl (C=O) groups is 2. The van der Waals surface area contributed by atoms with Gasteiger partial charge in [0.25, 0.3) is 5.91 Å². The lowest BCUT2D eigenvalue weighted by atomic mass is 10.0. The Morgan fingerprint density at radius 1 is 1.19 bits per heavy atom. The van der Waals surface area contributed by atoms with Gasteiger partial charge in [-0.25, -0.2) is 9.48 Å². The Labute approximate surface area is 156 Å². The van der Waals surface area contributed by atoms with Gasteiger partial charge in [-0.1, -0.05) is 6.08 Å². The zero-order valence-electron chi connectivity index (χ0n) is 15.0. The summed E-state index contributed by atoms with van der Waals surface area (Å²) in [6.07, 6.45) is 9.89. The standard InChI is InChI=1S/C19H21N5O3/c25-18(24(17-10-11-17)16-4-2-1-3-5-16)12-27-19(26)14-6-8-15(9-7-14)23-13-20-21-22-23/h4,6-9,13,17H,1-3,5,10-12H2. The van der Waals surface area contributed by atoms with Gasteiger partial charge in [-0.2, -0.15) is 0 Å². The summed E-state index contributed by atoms with van der Waals surface area (Å²) < 4.78 is 6.76. The van der Waals surface area contributed by atoms with Gasteiger partial charge < -0.3 is 9.64 Å². The number of hydrogen-bond donors (Lipinski definition) is 0. The van der Waals surface area contributed by atoms with E-state index in [2.05, 4.69) is 21.6 Å². The smallest absolute Gasteiger partial charge is 0.338 e. The van der Waals surface area contributed by atoms with E-state index in [0.717, 1.165) is 43.5 Å². The summed E-state index contributed by atoms with van der Waals surface area (Å²) in [5.41, 5.74) is 2.21. The summed E-state index contributed by atoms with van der Waals surface area (Å²) in [6, 6.07) is 6.98. The average Bonchev–Trinajstić information content (AvgIpc) is 3.38. The van der Waals surface area contributed by atoms with E-state index in [4.69, 9.17) is 4.74 Å². The summed E-state index contributed by atoms with van der Waals surface area (Å²) in [4.78, 5) is 26.8. The lowest BCUT2D eigenvalue weighted by Gasteiger charge is -2.27. The van der Waals surface area contributed by atoms with Crippen molar-refractivity contribution in [2.24, 2.45) is 0 Å². The van der Waals surface area contributed by atoms with Crippen molar-refractivity contribution in [2.45, 2.75) is 44.6 Å². The second-order valence-electron chi connectivity index (χ2n) is 6.81. The topological polar surface area (TPSA) is 90.2 Å². The van der Waals surface area contributed by atoms with Gasteiger partial charge in [0.05, 0.1) is 11.3 Å². The first kappa shape index (κ1) is 17.4. The van der Waals surface area contributed by atoms with Crippen LogP contribution < -0.4 is 0 Å². The van der Waals surface area contributed by atoms with Crippen molar-refractivity contribution in [2.75, 3.05) is 6.61 Å². The van der Waals surface area contributed by atoms with E-state index in [0.29, 0.717) is 5.56 Å². The van der Waals surface area contributed by atoms with Crippen LogP contribution in [0.1, 0.15) is 48.9 Å². The number of carbonyl (C=O) groups excluding carboxylic acids is 2. The summed E-state index contributed by atoms with van der Waals surface area (Å²) >= 11 is 0. The fourth-order valence-corrected chi connectivity index (χ4v) is 3.28. The normalized spacial score (nSPS) is 16.5. The summed E-state index contributed by atoms with van der Waals surface area (Å²) in [7, 11) is 0. The summed E-state index contributed by atoms with van der Waals surface area (Å²) in [5, 5.41) is 10.9. The summed E-state index contributed by atoms with van der Waals surface area (Å²) in [6.45, 7) is -0.235. The molecule has 0 saturated heterocycles. The maximum absolute atomic E-state index is 12.7. The minimum absolute atomic E-state index is 0.135. The van der Waals surface area contributed by atoms with E-state index in [-0.39, 0.29) is 18.6 Å². The molecule has 0 radical (unpaired) electrons. The fourth-order valence-electron chi connectivity index (χ4n) is 3.28. The number of rotatable bonds is 6. The molecule has 27 heavy (non-hydrogen) atoms. The van der Waals surface area contributed by atoms with Crippen molar-refractivity contribution in [1.29, 1.82) is 0 Å². The van der Waals surface area contributed by atoms with Crippen molar-refractivity contribution in [3.8, 4) is 5.69 Å². The number of aromatic nitrogens is 4. The minimum atomic E-state index is -0.514. The molecule has 1 fully saturated rings. The Balaban J connectivity index is 1.36.